The first kappa shape index (κ1) is 30.9. The van der Waals surface area contributed by atoms with Crippen molar-refractivity contribution in [2.24, 2.45) is 0 Å². The number of ketones is 2. The molecule has 6 rings (SSSR count). The Morgan fingerprint density at radius 3 is 2.36 bits per heavy atom. The molecule has 12 nitrogen and oxygen atoms in total. The summed E-state index contributed by atoms with van der Waals surface area (Å²) < 4.78 is 16.7. The van der Waals surface area contributed by atoms with Gasteiger partial charge in [0.1, 0.15) is 47.5 Å². The molecule has 0 spiro atoms. The van der Waals surface area contributed by atoms with E-state index in [2.05, 4.69) is 4.98 Å². The molecule has 3 aliphatic rings. The number of methoxy groups -OCH3 is 1. The average molecular weight is 621 g/mol. The molecule has 5 unspecified atom stereocenters. The number of benzene rings is 2. The third kappa shape index (κ3) is 5.42. The van der Waals surface area contributed by atoms with Crippen molar-refractivity contribution in [3.05, 3.63) is 76.0 Å². The Morgan fingerprint density at radius 2 is 1.69 bits per heavy atom. The molecule has 12 heteroatoms. The second-order valence-electron chi connectivity index (χ2n) is 12.0. The van der Waals surface area contributed by atoms with Crippen LogP contribution in [0.2, 0.25) is 0 Å². The van der Waals surface area contributed by atoms with E-state index in [4.69, 9.17) is 19.9 Å². The highest BCUT2D eigenvalue weighted by Gasteiger charge is 2.46. The summed E-state index contributed by atoms with van der Waals surface area (Å²) >= 11 is 0. The summed E-state index contributed by atoms with van der Waals surface area (Å²) in [4.78, 5) is 32.3. The lowest BCUT2D eigenvalue weighted by molar-refractivity contribution is -0.277. The average Bonchev–Trinajstić information content (AvgIpc) is 3.04. The Balaban J connectivity index is 1.38. The maximum atomic E-state index is 14.0. The second-order valence-corrected chi connectivity index (χ2v) is 12.0. The molecule has 2 aromatic carbocycles. The van der Waals surface area contributed by atoms with Crippen LogP contribution in [0.25, 0.3) is 0 Å². The lowest BCUT2D eigenvalue weighted by atomic mass is 9.66. The summed E-state index contributed by atoms with van der Waals surface area (Å²) in [7, 11) is 1.36. The fraction of sp³-hybridized carbons (Fsp3) is 0.424. The summed E-state index contributed by atoms with van der Waals surface area (Å²) in [5.74, 6) is -1.22. The van der Waals surface area contributed by atoms with Crippen molar-refractivity contribution in [1.29, 1.82) is 0 Å². The van der Waals surface area contributed by atoms with Gasteiger partial charge in [-0.3, -0.25) is 9.59 Å². The number of ether oxygens (including phenoxy) is 3. The summed E-state index contributed by atoms with van der Waals surface area (Å²) in [5, 5.41) is 51.7. The number of nitrogens with zero attached hydrogens (tertiary/aromatic N) is 1. The summed E-state index contributed by atoms with van der Waals surface area (Å²) in [5.41, 5.74) is 6.90. The maximum Gasteiger partial charge on any atom is 0.229 e. The topological polar surface area (TPSA) is 202 Å². The van der Waals surface area contributed by atoms with Gasteiger partial charge in [0.2, 0.25) is 12.1 Å². The van der Waals surface area contributed by atoms with Crippen LogP contribution in [0.1, 0.15) is 75.1 Å². The van der Waals surface area contributed by atoms with Gasteiger partial charge in [-0.05, 0) is 54.7 Å². The molecule has 2 aliphatic carbocycles. The minimum Gasteiger partial charge on any atom is -0.507 e. The molecule has 7 N–H and O–H groups in total. The Bertz CT molecular complexity index is 1620. The SMILES string of the molecule is COc1cc(OC2OC(CO)C(O)C(O)C2O)c2c(c1)C(=O)c1cc(CC3(c4ccc(N)nc4)CCCCC3)cc(O)c1C2=O. The van der Waals surface area contributed by atoms with E-state index < -0.39 is 48.9 Å². The van der Waals surface area contributed by atoms with E-state index in [1.807, 2.05) is 6.07 Å². The van der Waals surface area contributed by atoms with Gasteiger partial charge in [-0.15, -0.1) is 0 Å². The standard InChI is InChI=1S/C33H36N2O10/c1-43-18-11-20-26(22(12-18)44-32-31(42)30(41)28(39)23(15-36)45-32)29(40)25-19(27(20)38)9-16(10-21(25)37)13-33(7-3-2-4-8-33)17-5-6-24(34)35-14-17/h5-6,9-12,14,23,28,30-32,36-37,39,41-42H,2-4,7-8,13,15H2,1H3,(H2,34,35). The van der Waals surface area contributed by atoms with E-state index in [1.54, 1.807) is 18.3 Å². The number of nitrogen functional groups attached to an aromatic ring is 1. The quantitative estimate of drug-likeness (QED) is 0.175. The van der Waals surface area contributed by atoms with Gasteiger partial charge in [-0.1, -0.05) is 25.3 Å². The number of aliphatic hydroxyl groups excluding tert-OH is 4. The van der Waals surface area contributed by atoms with E-state index in [9.17, 15) is 35.1 Å². The number of anilines is 1. The minimum atomic E-state index is -1.76. The van der Waals surface area contributed by atoms with Crippen LogP contribution in [0.4, 0.5) is 5.82 Å². The van der Waals surface area contributed by atoms with Gasteiger partial charge in [-0.25, -0.2) is 4.98 Å². The zero-order chi connectivity index (χ0) is 32.0. The molecule has 1 aromatic heterocycles. The first-order chi connectivity index (χ1) is 21.6. The molecule has 45 heavy (non-hydrogen) atoms. The van der Waals surface area contributed by atoms with Crippen molar-refractivity contribution in [3.8, 4) is 17.2 Å². The number of fused-ring (bicyclic) bond motifs is 2. The number of aromatic nitrogens is 1. The normalized spacial score (nSPS) is 25.8. The molecule has 0 bridgehead atoms. The van der Waals surface area contributed by atoms with Gasteiger partial charge in [0.05, 0.1) is 24.8 Å². The number of nitrogens with two attached hydrogens (primary N) is 1. The van der Waals surface area contributed by atoms with Crippen molar-refractivity contribution >= 4 is 17.4 Å². The number of phenolic OH excluding ortho intramolecular Hbond substituents is 1. The molecule has 2 fully saturated rings. The predicted octanol–water partition coefficient (Wildman–Crippen LogP) is 1.78. The highest BCUT2D eigenvalue weighted by Crippen LogP contribution is 2.45. The number of aromatic hydroxyl groups is 1. The van der Waals surface area contributed by atoms with E-state index in [-0.39, 0.29) is 44.9 Å². The van der Waals surface area contributed by atoms with Gasteiger partial charge >= 0.3 is 0 Å². The van der Waals surface area contributed by atoms with Crippen LogP contribution >= 0.6 is 0 Å². The van der Waals surface area contributed by atoms with Crippen LogP contribution in [0.3, 0.4) is 0 Å². The number of pyridine rings is 1. The Labute approximate surface area is 259 Å². The molecule has 1 saturated carbocycles. The largest absolute Gasteiger partial charge is 0.507 e. The summed E-state index contributed by atoms with van der Waals surface area (Å²) in [6, 6.07) is 9.61. The number of hydrogen-bond donors (Lipinski definition) is 6. The number of aliphatic hydroxyl groups is 4. The van der Waals surface area contributed by atoms with Crippen LogP contribution in [0, 0.1) is 0 Å². The first-order valence-electron chi connectivity index (χ1n) is 14.9. The van der Waals surface area contributed by atoms with Gasteiger partial charge in [-0.2, -0.15) is 0 Å². The minimum absolute atomic E-state index is 0.0379. The van der Waals surface area contributed by atoms with Gasteiger partial charge < -0.3 is 45.5 Å². The number of carbonyl (C=O) groups excluding carboxylic acids is 2. The van der Waals surface area contributed by atoms with Crippen LogP contribution in [0.15, 0.2) is 42.6 Å². The lowest BCUT2D eigenvalue weighted by Crippen LogP contribution is -2.60. The van der Waals surface area contributed by atoms with Crippen molar-refractivity contribution in [3.63, 3.8) is 0 Å². The number of phenols is 1. The number of carbonyl (C=O) groups is 2. The molecular weight excluding hydrogens is 584 g/mol. The fourth-order valence-electron chi connectivity index (χ4n) is 6.88. The Morgan fingerprint density at radius 1 is 0.956 bits per heavy atom. The monoisotopic (exact) mass is 620 g/mol. The maximum absolute atomic E-state index is 14.0. The molecule has 0 amide bonds. The fourth-order valence-corrected chi connectivity index (χ4v) is 6.88. The van der Waals surface area contributed by atoms with Crippen LogP contribution < -0.4 is 15.2 Å². The highest BCUT2D eigenvalue weighted by atomic mass is 16.7. The number of hydrogen-bond acceptors (Lipinski definition) is 12. The molecule has 1 aliphatic heterocycles. The summed E-state index contributed by atoms with van der Waals surface area (Å²) in [6.07, 6.45) is -0.753. The van der Waals surface area contributed by atoms with Gasteiger partial charge in [0, 0.05) is 28.8 Å². The van der Waals surface area contributed by atoms with Crippen molar-refractivity contribution in [1.82, 2.24) is 4.98 Å². The molecule has 2 heterocycles. The lowest BCUT2D eigenvalue weighted by Gasteiger charge is -2.40. The van der Waals surface area contributed by atoms with Crippen LogP contribution in [0.5, 0.6) is 17.2 Å². The van der Waals surface area contributed by atoms with E-state index in [1.165, 1.54) is 25.3 Å². The van der Waals surface area contributed by atoms with Crippen LogP contribution in [-0.2, 0) is 16.6 Å². The van der Waals surface area contributed by atoms with E-state index in [0.717, 1.165) is 37.7 Å². The van der Waals surface area contributed by atoms with Crippen molar-refractivity contribution in [2.75, 3.05) is 19.5 Å². The Hall–Kier alpha value is -4.07. The molecule has 238 valence electrons. The summed E-state index contributed by atoms with van der Waals surface area (Å²) in [6.45, 7) is -0.682. The van der Waals surface area contributed by atoms with Gasteiger partial charge in [0.25, 0.3) is 0 Å². The van der Waals surface area contributed by atoms with Crippen molar-refractivity contribution in [2.45, 2.75) is 74.6 Å². The smallest absolute Gasteiger partial charge is 0.229 e. The molecular formula is C33H36N2O10. The third-order valence-electron chi connectivity index (χ3n) is 9.28. The highest BCUT2D eigenvalue weighted by molar-refractivity contribution is 6.30. The molecule has 5 atom stereocenters. The zero-order valence-electron chi connectivity index (χ0n) is 24.7. The second kappa shape index (κ2) is 12.0. The van der Waals surface area contributed by atoms with Gasteiger partial charge in [0.15, 0.2) is 5.78 Å². The first-order valence-corrected chi connectivity index (χ1v) is 14.9. The van der Waals surface area contributed by atoms with E-state index >= 15 is 0 Å². The third-order valence-corrected chi connectivity index (χ3v) is 9.28. The zero-order valence-corrected chi connectivity index (χ0v) is 24.7. The molecule has 1 saturated heterocycles. The molecule has 0 radical (unpaired) electrons. The predicted molar refractivity (Wildman–Crippen MR) is 159 cm³/mol. The van der Waals surface area contributed by atoms with Crippen molar-refractivity contribution < 1.29 is 49.3 Å². The Kier molecular flexibility index (Phi) is 8.27. The number of rotatable bonds is 7. The molecule has 3 aromatic rings. The van der Waals surface area contributed by atoms with E-state index in [0.29, 0.717) is 17.8 Å². The van der Waals surface area contributed by atoms with Crippen LogP contribution in [-0.4, -0.2) is 86.5 Å².